The Hall–Kier alpha value is -0.570. The molecule has 0 aromatic rings. The van der Waals surface area contributed by atoms with Crippen molar-refractivity contribution < 1.29 is 9.69 Å². The van der Waals surface area contributed by atoms with Crippen LogP contribution in [-0.2, 0) is 4.79 Å². The predicted molar refractivity (Wildman–Crippen MR) is 71.1 cm³/mol. The second-order valence-electron chi connectivity index (χ2n) is 7.37. The van der Waals surface area contributed by atoms with Gasteiger partial charge in [0.25, 0.3) is 0 Å². The minimum atomic E-state index is -0.136. The average molecular weight is 251 g/mol. The number of carbonyl (C=O) groups excluding carboxylic acids is 1. The van der Waals surface area contributed by atoms with E-state index in [0.717, 1.165) is 6.42 Å². The van der Waals surface area contributed by atoms with Crippen LogP contribution < -0.4 is 10.2 Å². The molecule has 3 aliphatic rings. The zero-order chi connectivity index (χ0) is 13.0. The molecule has 2 aliphatic heterocycles. The number of hydrogen-bond acceptors (Lipinski definition) is 1. The Balaban J connectivity index is 1.88. The van der Waals surface area contributed by atoms with Crippen molar-refractivity contribution in [3.8, 4) is 0 Å². The van der Waals surface area contributed by atoms with Crippen LogP contribution in [-0.4, -0.2) is 25.2 Å². The lowest BCUT2D eigenvalue weighted by Crippen LogP contribution is -3.19. The van der Waals surface area contributed by atoms with E-state index in [4.69, 9.17) is 0 Å². The van der Waals surface area contributed by atoms with Gasteiger partial charge in [-0.1, -0.05) is 20.8 Å². The van der Waals surface area contributed by atoms with Gasteiger partial charge in [0.15, 0.2) is 6.17 Å². The first-order valence-electron chi connectivity index (χ1n) is 7.62. The molecule has 1 aliphatic carbocycles. The summed E-state index contributed by atoms with van der Waals surface area (Å²) in [6.07, 6.45) is 6.69. The molecule has 3 rings (SSSR count). The number of quaternary nitrogens is 1. The topological polar surface area (TPSA) is 33.5 Å². The highest BCUT2D eigenvalue weighted by Gasteiger charge is 2.63. The molecule has 3 heteroatoms. The van der Waals surface area contributed by atoms with Crippen LogP contribution in [0.25, 0.3) is 0 Å². The number of carbonyl (C=O) groups is 1. The van der Waals surface area contributed by atoms with E-state index in [9.17, 15) is 4.79 Å². The predicted octanol–water partition coefficient (Wildman–Crippen LogP) is 0.954. The number of likely N-dealkylation sites (tertiary alicyclic amines) is 1. The van der Waals surface area contributed by atoms with Gasteiger partial charge in [0.1, 0.15) is 0 Å². The van der Waals surface area contributed by atoms with Crippen molar-refractivity contribution in [2.75, 3.05) is 13.1 Å². The van der Waals surface area contributed by atoms with Gasteiger partial charge in [0, 0.05) is 5.92 Å². The van der Waals surface area contributed by atoms with Gasteiger partial charge in [-0.05, 0) is 37.5 Å². The van der Waals surface area contributed by atoms with Gasteiger partial charge in [0.2, 0.25) is 5.91 Å². The zero-order valence-corrected chi connectivity index (χ0v) is 12.0. The van der Waals surface area contributed by atoms with Gasteiger partial charge < -0.3 is 10.2 Å². The van der Waals surface area contributed by atoms with E-state index in [0.29, 0.717) is 18.0 Å². The van der Waals surface area contributed by atoms with Crippen molar-refractivity contribution in [2.45, 2.75) is 59.0 Å². The number of rotatable bonds is 1. The highest BCUT2D eigenvalue weighted by atomic mass is 16.2. The Morgan fingerprint density at radius 3 is 2.50 bits per heavy atom. The van der Waals surface area contributed by atoms with Crippen LogP contribution in [0.2, 0.25) is 0 Å². The molecule has 1 saturated carbocycles. The monoisotopic (exact) mass is 251 g/mol. The van der Waals surface area contributed by atoms with Crippen LogP contribution in [0.15, 0.2) is 0 Å². The van der Waals surface area contributed by atoms with Crippen LogP contribution in [0.5, 0.6) is 0 Å². The first-order valence-corrected chi connectivity index (χ1v) is 7.62. The van der Waals surface area contributed by atoms with Gasteiger partial charge in [-0.15, -0.1) is 0 Å². The fraction of sp³-hybridized carbons (Fsp3) is 0.933. The van der Waals surface area contributed by atoms with E-state index in [-0.39, 0.29) is 10.8 Å². The van der Waals surface area contributed by atoms with E-state index in [1.165, 1.54) is 38.8 Å². The standard InChI is InChI=1S/C15H26N2O/c1-14(2)11-7-8-15(14,3)13(18)16-12(11)17-9-5-4-6-10-17/h11-12H,4-10H2,1-3H3,(H,16,18)/p+1/t11-,12-,15+/m1/s1. The smallest absolute Gasteiger partial charge is 0.230 e. The first-order chi connectivity index (χ1) is 8.47. The van der Waals surface area contributed by atoms with Crippen molar-refractivity contribution in [1.29, 1.82) is 0 Å². The summed E-state index contributed by atoms with van der Waals surface area (Å²) in [5.41, 5.74) is 0.0217. The molecule has 3 atom stereocenters. The lowest BCUT2D eigenvalue weighted by Gasteiger charge is -2.49. The maximum atomic E-state index is 12.5. The van der Waals surface area contributed by atoms with Gasteiger partial charge in [0.05, 0.1) is 18.5 Å². The second kappa shape index (κ2) is 3.96. The van der Waals surface area contributed by atoms with Gasteiger partial charge in [-0.3, -0.25) is 4.79 Å². The molecule has 3 nitrogen and oxygen atoms in total. The van der Waals surface area contributed by atoms with Crippen molar-refractivity contribution in [3.05, 3.63) is 0 Å². The largest absolute Gasteiger partial charge is 0.315 e. The Morgan fingerprint density at radius 2 is 1.83 bits per heavy atom. The lowest BCUT2D eigenvalue weighted by atomic mass is 9.62. The summed E-state index contributed by atoms with van der Waals surface area (Å²) in [4.78, 5) is 14.2. The Bertz CT molecular complexity index is 360. The maximum Gasteiger partial charge on any atom is 0.230 e. The third-order valence-corrected chi connectivity index (χ3v) is 6.43. The summed E-state index contributed by atoms with van der Waals surface area (Å²) in [6.45, 7) is 9.30. The summed E-state index contributed by atoms with van der Waals surface area (Å²) < 4.78 is 0. The first kappa shape index (κ1) is 12.5. The molecular weight excluding hydrogens is 224 g/mol. The zero-order valence-electron chi connectivity index (χ0n) is 12.0. The van der Waals surface area contributed by atoms with Crippen LogP contribution in [0, 0.1) is 16.7 Å². The molecule has 102 valence electrons. The summed E-state index contributed by atoms with van der Waals surface area (Å²) in [6, 6.07) is 0. The number of hydrogen-bond donors (Lipinski definition) is 2. The van der Waals surface area contributed by atoms with E-state index in [2.05, 4.69) is 26.1 Å². The molecule has 2 bridgehead atoms. The molecule has 1 amide bonds. The SMILES string of the molecule is CC1(C)[C@@H]2CC[C@@]1(C)C(=O)N[C@@H]2[NH+]1CCCCC1. The Labute approximate surface area is 110 Å². The van der Waals surface area contributed by atoms with Crippen LogP contribution in [0.3, 0.4) is 0 Å². The van der Waals surface area contributed by atoms with E-state index < -0.39 is 0 Å². The Morgan fingerprint density at radius 1 is 1.17 bits per heavy atom. The van der Waals surface area contributed by atoms with Crippen LogP contribution in [0.1, 0.15) is 52.9 Å². The minimum Gasteiger partial charge on any atom is -0.315 e. The highest BCUT2D eigenvalue weighted by Crippen LogP contribution is 2.58. The fourth-order valence-corrected chi connectivity index (χ4v) is 4.63. The molecule has 2 heterocycles. The summed E-state index contributed by atoms with van der Waals surface area (Å²) >= 11 is 0. The lowest BCUT2D eigenvalue weighted by molar-refractivity contribution is -0.937. The highest BCUT2D eigenvalue weighted by molar-refractivity contribution is 5.85. The van der Waals surface area contributed by atoms with Crippen molar-refractivity contribution in [1.82, 2.24) is 5.32 Å². The van der Waals surface area contributed by atoms with E-state index >= 15 is 0 Å². The van der Waals surface area contributed by atoms with E-state index in [1.54, 1.807) is 4.90 Å². The average Bonchev–Trinajstić information content (AvgIpc) is 2.51. The number of nitrogens with one attached hydrogen (secondary N) is 2. The fourth-order valence-electron chi connectivity index (χ4n) is 4.63. The molecule has 0 aromatic carbocycles. The summed E-state index contributed by atoms with van der Waals surface area (Å²) in [7, 11) is 0. The molecule has 2 saturated heterocycles. The number of amides is 1. The molecule has 18 heavy (non-hydrogen) atoms. The third kappa shape index (κ3) is 1.49. The molecule has 0 aromatic heterocycles. The minimum absolute atomic E-state index is 0.136. The summed E-state index contributed by atoms with van der Waals surface area (Å²) in [5, 5.41) is 3.37. The van der Waals surface area contributed by atoms with Crippen LogP contribution in [0.4, 0.5) is 0 Å². The van der Waals surface area contributed by atoms with Gasteiger partial charge in [-0.25, -0.2) is 0 Å². The molecule has 0 unspecified atom stereocenters. The number of fused-ring (bicyclic) bond motifs is 2. The summed E-state index contributed by atoms with van der Waals surface area (Å²) in [5.74, 6) is 0.970. The molecule has 0 radical (unpaired) electrons. The van der Waals surface area contributed by atoms with Gasteiger partial charge >= 0.3 is 0 Å². The normalized spacial score (nSPS) is 43.8. The van der Waals surface area contributed by atoms with Crippen molar-refractivity contribution in [2.24, 2.45) is 16.7 Å². The molecule has 3 fully saturated rings. The molecular formula is C15H27N2O+. The quantitative estimate of drug-likeness (QED) is 0.715. The molecule has 2 N–H and O–H groups in total. The number of piperidine rings is 2. The van der Waals surface area contributed by atoms with E-state index in [1.807, 2.05) is 0 Å². The van der Waals surface area contributed by atoms with Crippen molar-refractivity contribution in [3.63, 3.8) is 0 Å². The van der Waals surface area contributed by atoms with Crippen LogP contribution >= 0.6 is 0 Å². The van der Waals surface area contributed by atoms with Crippen molar-refractivity contribution >= 4 is 5.91 Å². The Kier molecular flexibility index (Phi) is 2.74. The third-order valence-electron chi connectivity index (χ3n) is 6.43. The maximum absolute atomic E-state index is 12.5. The molecule has 0 spiro atoms. The second-order valence-corrected chi connectivity index (χ2v) is 7.37. The van der Waals surface area contributed by atoms with Gasteiger partial charge in [-0.2, -0.15) is 0 Å².